The molecule has 2 nitrogen and oxygen atoms in total. The topological polar surface area (TPSA) is 15.3 Å². The Hall–Kier alpha value is -1.12. The van der Waals surface area contributed by atoms with Crippen molar-refractivity contribution < 1.29 is 0 Å². The van der Waals surface area contributed by atoms with E-state index in [9.17, 15) is 0 Å². The Bertz CT molecular complexity index is 354. The number of benzene rings is 1. The van der Waals surface area contributed by atoms with Crippen LogP contribution < -0.4 is 5.32 Å². The van der Waals surface area contributed by atoms with Gasteiger partial charge in [0, 0.05) is 25.7 Å². The van der Waals surface area contributed by atoms with Gasteiger partial charge in [0.25, 0.3) is 0 Å². The SMILES string of the molecule is C=CCN(CCC)Cc1ccc(CNC(C)C)cc1. The molecule has 19 heavy (non-hydrogen) atoms. The van der Waals surface area contributed by atoms with Gasteiger partial charge in [-0.1, -0.05) is 51.1 Å². The lowest BCUT2D eigenvalue weighted by Crippen LogP contribution is -2.24. The van der Waals surface area contributed by atoms with Crippen molar-refractivity contribution in [3.63, 3.8) is 0 Å². The maximum atomic E-state index is 3.83. The second-order valence-electron chi connectivity index (χ2n) is 5.38. The molecule has 0 radical (unpaired) electrons. The Morgan fingerprint density at radius 1 is 1.21 bits per heavy atom. The number of hydrogen-bond donors (Lipinski definition) is 1. The van der Waals surface area contributed by atoms with Crippen LogP contribution in [0.4, 0.5) is 0 Å². The molecule has 0 fully saturated rings. The monoisotopic (exact) mass is 260 g/mol. The lowest BCUT2D eigenvalue weighted by atomic mass is 10.1. The molecule has 0 unspecified atom stereocenters. The third kappa shape index (κ3) is 6.55. The van der Waals surface area contributed by atoms with Crippen molar-refractivity contribution in [3.8, 4) is 0 Å². The van der Waals surface area contributed by atoms with Crippen LogP contribution in [0.25, 0.3) is 0 Å². The van der Waals surface area contributed by atoms with Gasteiger partial charge in [-0.05, 0) is 24.1 Å². The molecule has 0 atom stereocenters. The Kier molecular flexibility index (Phi) is 7.46. The molecule has 0 saturated heterocycles. The summed E-state index contributed by atoms with van der Waals surface area (Å²) < 4.78 is 0. The molecule has 1 N–H and O–H groups in total. The van der Waals surface area contributed by atoms with E-state index < -0.39 is 0 Å². The first-order valence-corrected chi connectivity index (χ1v) is 7.30. The lowest BCUT2D eigenvalue weighted by molar-refractivity contribution is 0.295. The molecule has 0 aliphatic heterocycles. The molecule has 106 valence electrons. The summed E-state index contributed by atoms with van der Waals surface area (Å²) in [7, 11) is 0. The minimum atomic E-state index is 0.535. The second-order valence-corrected chi connectivity index (χ2v) is 5.38. The predicted molar refractivity (Wildman–Crippen MR) is 84.2 cm³/mol. The van der Waals surface area contributed by atoms with Crippen LogP contribution in [0.2, 0.25) is 0 Å². The van der Waals surface area contributed by atoms with Crippen molar-refractivity contribution >= 4 is 0 Å². The van der Waals surface area contributed by atoms with E-state index in [0.29, 0.717) is 6.04 Å². The molecule has 0 aliphatic carbocycles. The normalized spacial score (nSPS) is 11.2. The Balaban J connectivity index is 2.52. The predicted octanol–water partition coefficient (Wildman–Crippen LogP) is 3.58. The Morgan fingerprint density at radius 2 is 1.84 bits per heavy atom. The maximum absolute atomic E-state index is 3.83. The summed E-state index contributed by atoms with van der Waals surface area (Å²) in [4.78, 5) is 2.42. The van der Waals surface area contributed by atoms with Gasteiger partial charge >= 0.3 is 0 Å². The fourth-order valence-electron chi connectivity index (χ4n) is 2.08. The highest BCUT2D eigenvalue weighted by molar-refractivity contribution is 5.22. The van der Waals surface area contributed by atoms with Crippen LogP contribution in [0.1, 0.15) is 38.3 Å². The summed E-state index contributed by atoms with van der Waals surface area (Å²) in [6, 6.07) is 9.46. The van der Waals surface area contributed by atoms with Crippen LogP contribution >= 0.6 is 0 Å². The van der Waals surface area contributed by atoms with E-state index in [-0.39, 0.29) is 0 Å². The second kappa shape index (κ2) is 8.89. The summed E-state index contributed by atoms with van der Waals surface area (Å²) in [6.45, 7) is 14.4. The van der Waals surface area contributed by atoms with Gasteiger partial charge in [-0.2, -0.15) is 0 Å². The first-order valence-electron chi connectivity index (χ1n) is 7.30. The molecule has 2 heteroatoms. The molecule has 0 aromatic heterocycles. The van der Waals surface area contributed by atoms with Gasteiger partial charge < -0.3 is 5.32 Å². The maximum Gasteiger partial charge on any atom is 0.0237 e. The minimum absolute atomic E-state index is 0.535. The molecular formula is C17H28N2. The first kappa shape index (κ1) is 15.9. The van der Waals surface area contributed by atoms with E-state index in [1.165, 1.54) is 17.5 Å². The van der Waals surface area contributed by atoms with Gasteiger partial charge in [0.05, 0.1) is 0 Å². The highest BCUT2D eigenvalue weighted by atomic mass is 15.1. The smallest absolute Gasteiger partial charge is 0.0237 e. The van der Waals surface area contributed by atoms with Crippen LogP contribution in [0.5, 0.6) is 0 Å². The van der Waals surface area contributed by atoms with E-state index in [4.69, 9.17) is 0 Å². The van der Waals surface area contributed by atoms with Crippen molar-refractivity contribution in [3.05, 3.63) is 48.0 Å². The number of nitrogens with zero attached hydrogens (tertiary/aromatic N) is 1. The van der Waals surface area contributed by atoms with E-state index in [0.717, 1.165) is 26.2 Å². The summed E-state index contributed by atoms with van der Waals surface area (Å²) in [6.07, 6.45) is 3.17. The van der Waals surface area contributed by atoms with Crippen LogP contribution in [0.3, 0.4) is 0 Å². The molecule has 1 rings (SSSR count). The van der Waals surface area contributed by atoms with E-state index in [1.54, 1.807) is 0 Å². The van der Waals surface area contributed by atoms with Crippen molar-refractivity contribution in [2.75, 3.05) is 13.1 Å². The quantitative estimate of drug-likeness (QED) is 0.683. The van der Waals surface area contributed by atoms with E-state index >= 15 is 0 Å². The average molecular weight is 260 g/mol. The third-order valence-corrected chi connectivity index (χ3v) is 3.07. The lowest BCUT2D eigenvalue weighted by Gasteiger charge is -2.20. The molecule has 0 bridgehead atoms. The highest BCUT2D eigenvalue weighted by Gasteiger charge is 2.03. The van der Waals surface area contributed by atoms with Crippen molar-refractivity contribution in [1.29, 1.82) is 0 Å². The van der Waals surface area contributed by atoms with Crippen LogP contribution in [0, 0.1) is 0 Å². The van der Waals surface area contributed by atoms with Gasteiger partial charge in [0.15, 0.2) is 0 Å². The van der Waals surface area contributed by atoms with Crippen LogP contribution in [0.15, 0.2) is 36.9 Å². The van der Waals surface area contributed by atoms with Crippen molar-refractivity contribution in [1.82, 2.24) is 10.2 Å². The molecule has 0 heterocycles. The summed E-state index contributed by atoms with van der Waals surface area (Å²) in [5.74, 6) is 0. The molecule has 0 saturated carbocycles. The molecule has 0 spiro atoms. The minimum Gasteiger partial charge on any atom is -0.310 e. The third-order valence-electron chi connectivity index (χ3n) is 3.07. The molecular weight excluding hydrogens is 232 g/mol. The fourth-order valence-corrected chi connectivity index (χ4v) is 2.08. The highest BCUT2D eigenvalue weighted by Crippen LogP contribution is 2.08. The van der Waals surface area contributed by atoms with Crippen molar-refractivity contribution in [2.45, 2.75) is 46.3 Å². The summed E-state index contributed by atoms with van der Waals surface area (Å²) in [5, 5.41) is 3.44. The van der Waals surface area contributed by atoms with E-state index in [2.05, 4.69) is 61.8 Å². The van der Waals surface area contributed by atoms with Crippen LogP contribution in [-0.4, -0.2) is 24.0 Å². The van der Waals surface area contributed by atoms with Crippen LogP contribution in [-0.2, 0) is 13.1 Å². The summed E-state index contributed by atoms with van der Waals surface area (Å²) in [5.41, 5.74) is 2.73. The van der Waals surface area contributed by atoms with Gasteiger partial charge in [0.1, 0.15) is 0 Å². The molecule has 0 amide bonds. The zero-order valence-corrected chi connectivity index (χ0v) is 12.7. The first-order chi connectivity index (χ1) is 9.15. The van der Waals surface area contributed by atoms with Gasteiger partial charge in [0.2, 0.25) is 0 Å². The number of rotatable bonds is 9. The van der Waals surface area contributed by atoms with Gasteiger partial charge in [-0.3, -0.25) is 4.90 Å². The zero-order chi connectivity index (χ0) is 14.1. The fraction of sp³-hybridized carbons (Fsp3) is 0.529. The van der Waals surface area contributed by atoms with Gasteiger partial charge in [-0.25, -0.2) is 0 Å². The zero-order valence-electron chi connectivity index (χ0n) is 12.7. The van der Waals surface area contributed by atoms with E-state index in [1.807, 2.05) is 6.08 Å². The van der Waals surface area contributed by atoms with Crippen molar-refractivity contribution in [2.24, 2.45) is 0 Å². The molecule has 0 aliphatic rings. The van der Waals surface area contributed by atoms with Gasteiger partial charge in [-0.15, -0.1) is 6.58 Å². The molecule has 1 aromatic rings. The number of hydrogen-bond acceptors (Lipinski definition) is 2. The largest absolute Gasteiger partial charge is 0.310 e. The summed E-state index contributed by atoms with van der Waals surface area (Å²) >= 11 is 0. The Labute approximate surface area is 118 Å². The number of nitrogens with one attached hydrogen (secondary N) is 1. The average Bonchev–Trinajstić information content (AvgIpc) is 2.38. The Morgan fingerprint density at radius 3 is 2.37 bits per heavy atom. The molecule has 1 aromatic carbocycles. The standard InChI is InChI=1S/C17H28N2/c1-5-11-19(12-6-2)14-17-9-7-16(8-10-17)13-18-15(3)4/h5,7-10,15,18H,1,6,11-14H2,2-4H3.